The largest absolute Gasteiger partial charge is 0.373 e. The van der Waals surface area contributed by atoms with Gasteiger partial charge >= 0.3 is 0 Å². The van der Waals surface area contributed by atoms with Gasteiger partial charge in [-0.1, -0.05) is 50.0 Å². The van der Waals surface area contributed by atoms with Crippen LogP contribution in [0.15, 0.2) is 30.3 Å². The second kappa shape index (κ2) is 4.10. The quantitative estimate of drug-likeness (QED) is 0.559. The standard InChI is InChI=1S/C13H20OSi/c1-15(2,3)13(9-12-10-14-12)11-7-5-4-6-8-11/h4-8,12-13H,9-10H2,1-3H3/t12-,13-/m0/s1. The van der Waals surface area contributed by atoms with Crippen molar-refractivity contribution in [1.29, 1.82) is 0 Å². The number of hydrogen-bond acceptors (Lipinski definition) is 1. The van der Waals surface area contributed by atoms with E-state index in [-0.39, 0.29) is 0 Å². The molecule has 1 heterocycles. The van der Waals surface area contributed by atoms with Gasteiger partial charge in [-0.05, 0) is 17.5 Å². The van der Waals surface area contributed by atoms with Gasteiger partial charge in [0, 0.05) is 0 Å². The molecule has 0 radical (unpaired) electrons. The van der Waals surface area contributed by atoms with Crippen molar-refractivity contribution in [1.82, 2.24) is 0 Å². The lowest BCUT2D eigenvalue weighted by atomic mass is 10.1. The lowest BCUT2D eigenvalue weighted by Crippen LogP contribution is -2.32. The first kappa shape index (κ1) is 10.9. The van der Waals surface area contributed by atoms with Crippen molar-refractivity contribution >= 4 is 8.07 Å². The fourth-order valence-electron chi connectivity index (χ4n) is 2.14. The van der Waals surface area contributed by atoms with Gasteiger partial charge in [0.2, 0.25) is 0 Å². The predicted molar refractivity (Wildman–Crippen MR) is 66.9 cm³/mol. The van der Waals surface area contributed by atoms with Crippen LogP contribution in [0.5, 0.6) is 0 Å². The van der Waals surface area contributed by atoms with E-state index < -0.39 is 8.07 Å². The van der Waals surface area contributed by atoms with Gasteiger partial charge in [0.05, 0.1) is 20.8 Å². The van der Waals surface area contributed by atoms with Gasteiger partial charge < -0.3 is 4.74 Å². The number of epoxide rings is 1. The molecule has 2 heteroatoms. The Morgan fingerprint density at radius 1 is 1.27 bits per heavy atom. The molecular formula is C13H20OSi. The molecule has 0 amide bonds. The topological polar surface area (TPSA) is 12.5 Å². The van der Waals surface area contributed by atoms with Crippen LogP contribution in [0.25, 0.3) is 0 Å². The molecule has 1 nitrogen and oxygen atoms in total. The van der Waals surface area contributed by atoms with Crippen LogP contribution >= 0.6 is 0 Å². The minimum absolute atomic E-state index is 0.543. The van der Waals surface area contributed by atoms with Crippen molar-refractivity contribution in [2.75, 3.05) is 6.61 Å². The molecule has 1 fully saturated rings. The van der Waals surface area contributed by atoms with Crippen LogP contribution in [0.3, 0.4) is 0 Å². The summed E-state index contributed by atoms with van der Waals surface area (Å²) in [5, 5.41) is 0. The highest BCUT2D eigenvalue weighted by Gasteiger charge is 2.34. The molecule has 2 rings (SSSR count). The molecule has 0 spiro atoms. The number of hydrogen-bond donors (Lipinski definition) is 0. The van der Waals surface area contributed by atoms with Crippen molar-refractivity contribution in [3.63, 3.8) is 0 Å². The van der Waals surface area contributed by atoms with Gasteiger partial charge in [0.1, 0.15) is 0 Å². The Balaban J connectivity index is 2.17. The van der Waals surface area contributed by atoms with Crippen molar-refractivity contribution in [3.8, 4) is 0 Å². The van der Waals surface area contributed by atoms with Crippen LogP contribution in [0, 0.1) is 0 Å². The molecule has 0 saturated carbocycles. The van der Waals surface area contributed by atoms with Gasteiger partial charge in [-0.15, -0.1) is 0 Å². The number of rotatable bonds is 4. The van der Waals surface area contributed by atoms with E-state index in [1.807, 2.05) is 0 Å². The summed E-state index contributed by atoms with van der Waals surface area (Å²) in [6.07, 6.45) is 1.77. The van der Waals surface area contributed by atoms with Crippen LogP contribution in [0.4, 0.5) is 0 Å². The Morgan fingerprint density at radius 3 is 2.33 bits per heavy atom. The first-order valence-corrected chi connectivity index (χ1v) is 9.31. The van der Waals surface area contributed by atoms with Crippen molar-refractivity contribution in [2.24, 2.45) is 0 Å². The third-order valence-electron chi connectivity index (χ3n) is 3.15. The highest BCUT2D eigenvalue weighted by molar-refractivity contribution is 6.77. The summed E-state index contributed by atoms with van der Waals surface area (Å²) in [5.41, 5.74) is 2.25. The summed E-state index contributed by atoms with van der Waals surface area (Å²) in [6.45, 7) is 8.33. The summed E-state index contributed by atoms with van der Waals surface area (Å²) in [6, 6.07) is 10.9. The Labute approximate surface area is 93.5 Å². The zero-order valence-electron chi connectivity index (χ0n) is 9.86. The summed E-state index contributed by atoms with van der Waals surface area (Å²) < 4.78 is 5.38. The fourth-order valence-corrected chi connectivity index (χ4v) is 4.30. The number of ether oxygens (including phenoxy) is 1. The number of benzene rings is 1. The van der Waals surface area contributed by atoms with E-state index >= 15 is 0 Å². The molecular weight excluding hydrogens is 200 g/mol. The van der Waals surface area contributed by atoms with Crippen LogP contribution < -0.4 is 0 Å². The zero-order valence-corrected chi connectivity index (χ0v) is 10.9. The van der Waals surface area contributed by atoms with Gasteiger partial charge in [-0.2, -0.15) is 0 Å². The SMILES string of the molecule is C[Si](C)(C)[C@@H](C[C@H]1CO1)c1ccccc1. The first-order chi connectivity index (χ1) is 7.07. The van der Waals surface area contributed by atoms with Crippen LogP contribution in [0.2, 0.25) is 19.6 Å². The third kappa shape index (κ3) is 2.92. The summed E-state index contributed by atoms with van der Waals surface area (Å²) in [4.78, 5) is 0. The molecule has 1 aliphatic rings. The second-order valence-electron chi connectivity index (χ2n) is 5.52. The molecule has 0 bridgehead atoms. The summed E-state index contributed by atoms with van der Waals surface area (Å²) in [5.74, 6) is 0. The summed E-state index contributed by atoms with van der Waals surface area (Å²) in [7, 11) is -1.13. The lowest BCUT2D eigenvalue weighted by Gasteiger charge is -2.29. The Hall–Kier alpha value is -0.603. The van der Waals surface area contributed by atoms with Gasteiger partial charge in [-0.3, -0.25) is 0 Å². The predicted octanol–water partition coefficient (Wildman–Crippen LogP) is 3.44. The minimum atomic E-state index is -1.13. The smallest absolute Gasteiger partial charge is 0.0813 e. The fraction of sp³-hybridized carbons (Fsp3) is 0.538. The van der Waals surface area contributed by atoms with Crippen LogP contribution in [-0.2, 0) is 4.74 Å². The van der Waals surface area contributed by atoms with Crippen molar-refractivity contribution < 1.29 is 4.74 Å². The minimum Gasteiger partial charge on any atom is -0.373 e. The van der Waals surface area contributed by atoms with E-state index in [9.17, 15) is 0 Å². The molecule has 0 aliphatic carbocycles. The van der Waals surface area contributed by atoms with Crippen LogP contribution in [-0.4, -0.2) is 20.8 Å². The Bertz CT molecular complexity index is 311. The van der Waals surface area contributed by atoms with E-state index in [0.717, 1.165) is 12.1 Å². The van der Waals surface area contributed by atoms with E-state index in [4.69, 9.17) is 4.74 Å². The highest BCUT2D eigenvalue weighted by atomic mass is 28.3. The van der Waals surface area contributed by atoms with Crippen molar-refractivity contribution in [3.05, 3.63) is 35.9 Å². The monoisotopic (exact) mass is 220 g/mol. The summed E-state index contributed by atoms with van der Waals surface area (Å²) >= 11 is 0. The molecule has 0 unspecified atom stereocenters. The van der Waals surface area contributed by atoms with E-state index in [2.05, 4.69) is 50.0 Å². The maximum Gasteiger partial charge on any atom is 0.0813 e. The average Bonchev–Trinajstić information content (AvgIpc) is 2.97. The average molecular weight is 220 g/mol. The molecule has 82 valence electrons. The Kier molecular flexibility index (Phi) is 2.98. The van der Waals surface area contributed by atoms with Gasteiger partial charge in [0.25, 0.3) is 0 Å². The second-order valence-corrected chi connectivity index (χ2v) is 10.9. The molecule has 1 aromatic rings. The van der Waals surface area contributed by atoms with Gasteiger partial charge in [0.15, 0.2) is 0 Å². The molecule has 0 aromatic heterocycles. The highest BCUT2D eigenvalue weighted by Crippen LogP contribution is 2.34. The molecule has 1 saturated heterocycles. The Morgan fingerprint density at radius 2 is 1.87 bits per heavy atom. The van der Waals surface area contributed by atoms with Gasteiger partial charge in [-0.25, -0.2) is 0 Å². The van der Waals surface area contributed by atoms with Crippen LogP contribution in [0.1, 0.15) is 17.5 Å². The maximum absolute atomic E-state index is 5.38. The molecule has 15 heavy (non-hydrogen) atoms. The maximum atomic E-state index is 5.38. The molecule has 1 aliphatic heterocycles. The van der Waals surface area contributed by atoms with E-state index in [1.54, 1.807) is 0 Å². The van der Waals surface area contributed by atoms with E-state index in [0.29, 0.717) is 6.10 Å². The van der Waals surface area contributed by atoms with E-state index in [1.165, 1.54) is 12.0 Å². The zero-order chi connectivity index (χ0) is 10.9. The normalized spacial score (nSPS) is 22.5. The third-order valence-corrected chi connectivity index (χ3v) is 5.81. The molecule has 0 N–H and O–H groups in total. The lowest BCUT2D eigenvalue weighted by molar-refractivity contribution is 0.393. The molecule has 2 atom stereocenters. The molecule has 1 aromatic carbocycles. The first-order valence-electron chi connectivity index (χ1n) is 5.74. The van der Waals surface area contributed by atoms with Crippen molar-refractivity contribution in [2.45, 2.75) is 37.7 Å².